The number of hydrogen-bond donors (Lipinski definition) is 3. The Bertz CT molecular complexity index is 988. The maximum atomic E-state index is 12.4. The van der Waals surface area contributed by atoms with Crippen LogP contribution in [0.2, 0.25) is 0 Å². The molecule has 0 radical (unpaired) electrons. The van der Waals surface area contributed by atoms with Gasteiger partial charge in [0, 0.05) is 30.8 Å². The Hall–Kier alpha value is -3.35. The average molecular weight is 467 g/mol. The minimum Gasteiger partial charge on any atom is -0.481 e. The number of fused-ring (bicyclic) bond motifs is 3. The molecule has 7 heteroatoms. The van der Waals surface area contributed by atoms with Gasteiger partial charge in [-0.1, -0.05) is 61.9 Å². The lowest BCUT2D eigenvalue weighted by atomic mass is 9.96. The lowest BCUT2D eigenvalue weighted by molar-refractivity contribution is -0.137. The second kappa shape index (κ2) is 11.2. The molecule has 1 atom stereocenters. The van der Waals surface area contributed by atoms with Crippen molar-refractivity contribution in [3.8, 4) is 11.1 Å². The molecule has 0 spiro atoms. The molecule has 182 valence electrons. The predicted molar refractivity (Wildman–Crippen MR) is 131 cm³/mol. The molecule has 3 rings (SSSR count). The van der Waals surface area contributed by atoms with Crippen molar-refractivity contribution in [2.45, 2.75) is 57.9 Å². The van der Waals surface area contributed by atoms with E-state index in [1.54, 1.807) is 0 Å². The van der Waals surface area contributed by atoms with Gasteiger partial charge in [-0.2, -0.15) is 0 Å². The van der Waals surface area contributed by atoms with Gasteiger partial charge in [0.25, 0.3) is 0 Å². The molecular weight excluding hydrogens is 432 g/mol. The van der Waals surface area contributed by atoms with Crippen LogP contribution in [0.1, 0.15) is 63.5 Å². The number of carbonyl (C=O) groups is 3. The Morgan fingerprint density at radius 2 is 1.62 bits per heavy atom. The molecule has 0 saturated carbocycles. The van der Waals surface area contributed by atoms with Crippen LogP contribution < -0.4 is 10.6 Å². The van der Waals surface area contributed by atoms with Crippen LogP contribution in [0, 0.1) is 5.92 Å². The van der Waals surface area contributed by atoms with Gasteiger partial charge in [0.05, 0.1) is 0 Å². The fourth-order valence-electron chi connectivity index (χ4n) is 4.41. The zero-order valence-electron chi connectivity index (χ0n) is 20.1. The number of benzene rings is 2. The first kappa shape index (κ1) is 25.3. The van der Waals surface area contributed by atoms with Crippen molar-refractivity contribution in [1.29, 1.82) is 0 Å². The zero-order chi connectivity index (χ0) is 24.7. The lowest BCUT2D eigenvalue weighted by Crippen LogP contribution is -2.45. The molecule has 3 N–H and O–H groups in total. The number of carboxylic acid groups (broad SMARTS) is 1. The van der Waals surface area contributed by atoms with Crippen molar-refractivity contribution in [2.24, 2.45) is 5.92 Å². The van der Waals surface area contributed by atoms with E-state index in [1.165, 1.54) is 11.1 Å². The van der Waals surface area contributed by atoms with E-state index in [2.05, 4.69) is 34.9 Å². The first-order chi connectivity index (χ1) is 16.2. The van der Waals surface area contributed by atoms with Gasteiger partial charge in [-0.25, -0.2) is 4.79 Å². The summed E-state index contributed by atoms with van der Waals surface area (Å²) in [5.41, 5.74) is 4.06. The summed E-state index contributed by atoms with van der Waals surface area (Å²) in [4.78, 5) is 35.7. The number of hydrogen-bond acceptors (Lipinski definition) is 4. The first-order valence-electron chi connectivity index (χ1n) is 11.8. The summed E-state index contributed by atoms with van der Waals surface area (Å²) in [7, 11) is 0. The minimum atomic E-state index is -0.888. The van der Waals surface area contributed by atoms with Crippen molar-refractivity contribution >= 4 is 18.0 Å². The van der Waals surface area contributed by atoms with E-state index in [1.807, 2.05) is 45.0 Å². The molecule has 0 fully saturated rings. The maximum absolute atomic E-state index is 12.4. The van der Waals surface area contributed by atoms with Gasteiger partial charge in [0.15, 0.2) is 0 Å². The van der Waals surface area contributed by atoms with Gasteiger partial charge in [0.2, 0.25) is 5.91 Å². The van der Waals surface area contributed by atoms with E-state index in [0.717, 1.165) is 11.1 Å². The Kier molecular flexibility index (Phi) is 8.31. The Balaban J connectivity index is 1.48. The van der Waals surface area contributed by atoms with Crippen molar-refractivity contribution in [3.63, 3.8) is 0 Å². The van der Waals surface area contributed by atoms with Crippen LogP contribution in [0.3, 0.4) is 0 Å². The molecule has 0 bridgehead atoms. The molecule has 1 aliphatic rings. The van der Waals surface area contributed by atoms with Gasteiger partial charge in [-0.05, 0) is 48.4 Å². The molecule has 0 aromatic heterocycles. The van der Waals surface area contributed by atoms with E-state index in [-0.39, 0.29) is 37.2 Å². The van der Waals surface area contributed by atoms with E-state index in [0.29, 0.717) is 19.4 Å². The van der Waals surface area contributed by atoms with Crippen LogP contribution >= 0.6 is 0 Å². The fraction of sp³-hybridized carbons (Fsp3) is 0.444. The highest BCUT2D eigenvalue weighted by Gasteiger charge is 2.29. The van der Waals surface area contributed by atoms with Crippen molar-refractivity contribution in [1.82, 2.24) is 10.6 Å². The molecule has 7 nitrogen and oxygen atoms in total. The molecule has 1 aliphatic carbocycles. The Labute approximate surface area is 200 Å². The van der Waals surface area contributed by atoms with Crippen LogP contribution in [-0.4, -0.2) is 41.8 Å². The molecule has 0 heterocycles. The van der Waals surface area contributed by atoms with E-state index >= 15 is 0 Å². The molecular formula is C27H34N2O5. The number of alkyl carbamates (subject to hydrolysis) is 1. The van der Waals surface area contributed by atoms with E-state index in [4.69, 9.17) is 9.84 Å². The van der Waals surface area contributed by atoms with Gasteiger partial charge in [-0.3, -0.25) is 9.59 Å². The van der Waals surface area contributed by atoms with Crippen LogP contribution in [0.5, 0.6) is 0 Å². The first-order valence-corrected chi connectivity index (χ1v) is 11.8. The molecule has 0 saturated heterocycles. The van der Waals surface area contributed by atoms with Gasteiger partial charge < -0.3 is 20.5 Å². The van der Waals surface area contributed by atoms with Gasteiger partial charge >= 0.3 is 12.1 Å². The normalized spacial score (nSPS) is 13.5. The quantitative estimate of drug-likeness (QED) is 0.445. The van der Waals surface area contributed by atoms with Crippen LogP contribution in [-0.2, 0) is 14.3 Å². The number of nitrogens with one attached hydrogen (secondary N) is 2. The Morgan fingerprint density at radius 3 is 2.18 bits per heavy atom. The SMILES string of the molecule is CCC(CNC(=O)OCC1c2ccccc2-c2ccccc21)CC(=O)NC(C)(C)CCC(=O)O. The molecule has 34 heavy (non-hydrogen) atoms. The number of rotatable bonds is 11. The second-order valence-corrected chi connectivity index (χ2v) is 9.51. The third-order valence-electron chi connectivity index (χ3n) is 6.37. The summed E-state index contributed by atoms with van der Waals surface area (Å²) in [6.07, 6.45) is 0.808. The maximum Gasteiger partial charge on any atom is 0.407 e. The van der Waals surface area contributed by atoms with Gasteiger partial charge in [0.1, 0.15) is 6.61 Å². The second-order valence-electron chi connectivity index (χ2n) is 9.51. The van der Waals surface area contributed by atoms with Crippen LogP contribution in [0.4, 0.5) is 4.79 Å². The van der Waals surface area contributed by atoms with Crippen molar-refractivity contribution in [3.05, 3.63) is 59.7 Å². The number of carbonyl (C=O) groups excluding carboxylic acids is 2. The smallest absolute Gasteiger partial charge is 0.407 e. The summed E-state index contributed by atoms with van der Waals surface area (Å²) >= 11 is 0. The summed E-state index contributed by atoms with van der Waals surface area (Å²) in [6, 6.07) is 16.4. The molecule has 2 aromatic rings. The van der Waals surface area contributed by atoms with Crippen LogP contribution in [0.25, 0.3) is 11.1 Å². The molecule has 2 amide bonds. The summed E-state index contributed by atoms with van der Waals surface area (Å²) in [6.45, 7) is 6.16. The zero-order valence-corrected chi connectivity index (χ0v) is 20.1. The highest BCUT2D eigenvalue weighted by atomic mass is 16.5. The number of carboxylic acids is 1. The lowest BCUT2D eigenvalue weighted by Gasteiger charge is -2.27. The third-order valence-corrected chi connectivity index (χ3v) is 6.37. The minimum absolute atomic E-state index is 0.000987. The fourth-order valence-corrected chi connectivity index (χ4v) is 4.41. The number of ether oxygens (including phenoxy) is 1. The highest BCUT2D eigenvalue weighted by Crippen LogP contribution is 2.44. The van der Waals surface area contributed by atoms with Crippen LogP contribution in [0.15, 0.2) is 48.5 Å². The molecule has 2 aromatic carbocycles. The monoisotopic (exact) mass is 466 g/mol. The van der Waals surface area contributed by atoms with Crippen molar-refractivity contribution < 1.29 is 24.2 Å². The number of aliphatic carboxylic acids is 1. The molecule has 1 unspecified atom stereocenters. The highest BCUT2D eigenvalue weighted by molar-refractivity contribution is 5.79. The van der Waals surface area contributed by atoms with Gasteiger partial charge in [-0.15, -0.1) is 0 Å². The summed E-state index contributed by atoms with van der Waals surface area (Å²) < 4.78 is 5.57. The topological polar surface area (TPSA) is 105 Å². The summed E-state index contributed by atoms with van der Waals surface area (Å²) in [5, 5.41) is 14.6. The number of amides is 2. The standard InChI is InChI=1S/C27H34N2O5/c1-4-18(15-24(30)29-27(2,3)14-13-25(31)32)16-28-26(33)34-17-23-21-11-7-5-9-19(21)20-10-6-8-12-22(20)23/h5-12,18,23H,4,13-17H2,1-3H3,(H,28,33)(H,29,30)(H,31,32). The average Bonchev–Trinajstić information content (AvgIpc) is 3.12. The predicted octanol–water partition coefficient (Wildman–Crippen LogP) is 4.70. The Morgan fingerprint density at radius 1 is 1.03 bits per heavy atom. The van der Waals surface area contributed by atoms with E-state index < -0.39 is 17.6 Å². The summed E-state index contributed by atoms with van der Waals surface area (Å²) in [5.74, 6) is -1.09. The van der Waals surface area contributed by atoms with E-state index in [9.17, 15) is 14.4 Å². The van der Waals surface area contributed by atoms with Crippen molar-refractivity contribution in [2.75, 3.05) is 13.2 Å². The largest absolute Gasteiger partial charge is 0.481 e. The third kappa shape index (κ3) is 6.59. The molecule has 0 aliphatic heterocycles.